The molecule has 0 aliphatic carbocycles. The van der Waals surface area contributed by atoms with Gasteiger partial charge in [0.25, 0.3) is 5.91 Å². The van der Waals surface area contributed by atoms with Gasteiger partial charge in [-0.2, -0.15) is 0 Å². The Morgan fingerprint density at radius 3 is 2.54 bits per heavy atom. The molecule has 1 aromatic rings. The molecule has 1 aliphatic heterocycles. The smallest absolute Gasteiger partial charge is 0.269 e. The molecule has 128 valence electrons. The minimum Gasteiger partial charge on any atom is -0.286 e. The molecule has 1 aliphatic rings. The number of nitrogens with zero attached hydrogens (tertiary/aromatic N) is 2. The minimum atomic E-state index is -0.625. The zero-order chi connectivity index (χ0) is 17.7. The first-order chi connectivity index (χ1) is 11.4. The summed E-state index contributed by atoms with van der Waals surface area (Å²) in [4.78, 5) is 35.9. The van der Waals surface area contributed by atoms with Crippen molar-refractivity contribution in [3.63, 3.8) is 0 Å². The van der Waals surface area contributed by atoms with E-state index in [0.717, 1.165) is 4.90 Å². The van der Waals surface area contributed by atoms with Gasteiger partial charge in [0.2, 0.25) is 11.8 Å². The van der Waals surface area contributed by atoms with E-state index in [-0.39, 0.29) is 37.7 Å². The van der Waals surface area contributed by atoms with Crippen LogP contribution in [0.1, 0.15) is 24.8 Å². The third kappa shape index (κ3) is 4.80. The van der Waals surface area contributed by atoms with Crippen molar-refractivity contribution in [2.24, 2.45) is 0 Å². The molecule has 0 radical (unpaired) electrons. The number of imide groups is 1. The lowest BCUT2D eigenvalue weighted by Crippen LogP contribution is -2.33. The fourth-order valence-electron chi connectivity index (χ4n) is 2.24. The highest BCUT2D eigenvalue weighted by molar-refractivity contribution is 6.35. The van der Waals surface area contributed by atoms with Gasteiger partial charge < -0.3 is 0 Å². The molecular weight excluding hydrogens is 355 g/mol. The summed E-state index contributed by atoms with van der Waals surface area (Å²) >= 11 is 11.8. The Morgan fingerprint density at radius 2 is 1.92 bits per heavy atom. The van der Waals surface area contributed by atoms with Crippen molar-refractivity contribution in [2.75, 3.05) is 13.1 Å². The second-order valence-corrected chi connectivity index (χ2v) is 6.10. The Hall–Kier alpha value is -1.89. The fourth-order valence-corrected chi connectivity index (χ4v) is 2.72. The maximum absolute atomic E-state index is 11.8. The van der Waals surface area contributed by atoms with Crippen LogP contribution in [0.2, 0.25) is 10.0 Å². The molecule has 2 rings (SSSR count). The van der Waals surface area contributed by atoms with Crippen molar-refractivity contribution < 1.29 is 19.6 Å². The summed E-state index contributed by atoms with van der Waals surface area (Å²) in [7, 11) is 0. The number of carbonyl (C=O) groups excluding carboxylic acids is 3. The van der Waals surface area contributed by atoms with Crippen molar-refractivity contribution in [2.45, 2.75) is 19.3 Å². The van der Waals surface area contributed by atoms with Gasteiger partial charge in [0.05, 0.1) is 6.54 Å². The third-order valence-electron chi connectivity index (χ3n) is 3.53. The van der Waals surface area contributed by atoms with Crippen LogP contribution in [-0.4, -0.2) is 46.0 Å². The monoisotopic (exact) mass is 370 g/mol. The zero-order valence-corrected chi connectivity index (χ0v) is 14.3. The Labute approximate surface area is 149 Å². The molecule has 6 nitrogen and oxygen atoms in total. The van der Waals surface area contributed by atoms with Gasteiger partial charge in [-0.3, -0.25) is 24.5 Å². The van der Waals surface area contributed by atoms with E-state index in [2.05, 4.69) is 0 Å². The Kier molecular flexibility index (Phi) is 6.36. The Balaban J connectivity index is 1.82. The van der Waals surface area contributed by atoms with Gasteiger partial charge in [0, 0.05) is 35.5 Å². The summed E-state index contributed by atoms with van der Waals surface area (Å²) in [6.45, 7) is 0.198. The van der Waals surface area contributed by atoms with E-state index in [1.54, 1.807) is 18.2 Å². The normalized spacial score (nSPS) is 14.7. The van der Waals surface area contributed by atoms with Crippen LogP contribution in [-0.2, 0) is 14.4 Å². The number of amides is 3. The number of rotatable bonds is 6. The van der Waals surface area contributed by atoms with Crippen molar-refractivity contribution in [1.29, 1.82) is 0 Å². The SMILES string of the molecule is O=C(/C=C/c1ccc(Cl)cc1Cl)N(O)CCCN1C(=O)CCC1=O. The molecule has 1 fully saturated rings. The summed E-state index contributed by atoms with van der Waals surface area (Å²) in [6, 6.07) is 4.84. The van der Waals surface area contributed by atoms with Crippen LogP contribution in [0.15, 0.2) is 24.3 Å². The number of benzene rings is 1. The Morgan fingerprint density at radius 1 is 1.25 bits per heavy atom. The lowest BCUT2D eigenvalue weighted by molar-refractivity contribution is -0.159. The molecule has 8 heteroatoms. The van der Waals surface area contributed by atoms with Crippen LogP contribution in [0.4, 0.5) is 0 Å². The van der Waals surface area contributed by atoms with Crippen molar-refractivity contribution >= 4 is 47.0 Å². The van der Waals surface area contributed by atoms with E-state index in [1.807, 2.05) is 0 Å². The largest absolute Gasteiger partial charge is 0.286 e. The lowest BCUT2D eigenvalue weighted by atomic mass is 10.2. The topological polar surface area (TPSA) is 77.9 Å². The first-order valence-corrected chi connectivity index (χ1v) is 8.11. The van der Waals surface area contributed by atoms with Gasteiger partial charge in [-0.25, -0.2) is 5.06 Å². The summed E-state index contributed by atoms with van der Waals surface area (Å²) in [5, 5.41) is 11.1. The maximum atomic E-state index is 11.8. The molecular formula is C16H16Cl2N2O4. The third-order valence-corrected chi connectivity index (χ3v) is 4.09. The number of hydrogen-bond acceptors (Lipinski definition) is 4. The molecule has 1 saturated heterocycles. The molecule has 24 heavy (non-hydrogen) atoms. The minimum absolute atomic E-state index is 0.00852. The van der Waals surface area contributed by atoms with Crippen LogP contribution in [0.25, 0.3) is 6.08 Å². The Bertz CT molecular complexity index is 675. The first-order valence-electron chi connectivity index (χ1n) is 7.35. The molecule has 0 spiro atoms. The predicted molar refractivity (Wildman–Crippen MR) is 89.6 cm³/mol. The van der Waals surface area contributed by atoms with Crippen LogP contribution < -0.4 is 0 Å². The van der Waals surface area contributed by atoms with E-state index in [9.17, 15) is 19.6 Å². The average molecular weight is 371 g/mol. The fraction of sp³-hybridized carbons (Fsp3) is 0.312. The molecule has 0 saturated carbocycles. The standard InChI is InChI=1S/C16H16Cl2N2O4/c17-12-4-2-11(13(18)10-12)3-5-16(23)20(24)9-1-8-19-14(21)6-7-15(19)22/h2-5,10,24H,1,6-9H2/b5-3+. The van der Waals surface area contributed by atoms with Gasteiger partial charge in [-0.05, 0) is 30.2 Å². The molecule has 0 unspecified atom stereocenters. The van der Waals surface area contributed by atoms with Gasteiger partial charge >= 0.3 is 0 Å². The molecule has 1 aromatic carbocycles. The lowest BCUT2D eigenvalue weighted by Gasteiger charge is -2.16. The van der Waals surface area contributed by atoms with Crippen molar-refractivity contribution in [1.82, 2.24) is 9.96 Å². The highest BCUT2D eigenvalue weighted by atomic mass is 35.5. The van der Waals surface area contributed by atoms with Crippen LogP contribution in [0, 0.1) is 0 Å². The second-order valence-electron chi connectivity index (χ2n) is 5.25. The summed E-state index contributed by atoms with van der Waals surface area (Å²) in [5.74, 6) is -1.05. The molecule has 0 bridgehead atoms. The molecule has 1 heterocycles. The number of hydrogen-bond donors (Lipinski definition) is 1. The number of carbonyl (C=O) groups is 3. The van der Waals surface area contributed by atoms with Gasteiger partial charge in [0.1, 0.15) is 0 Å². The predicted octanol–water partition coefficient (Wildman–Crippen LogP) is 2.76. The zero-order valence-electron chi connectivity index (χ0n) is 12.7. The average Bonchev–Trinajstić information content (AvgIpc) is 2.85. The highest BCUT2D eigenvalue weighted by Gasteiger charge is 2.28. The van der Waals surface area contributed by atoms with Gasteiger partial charge in [-0.15, -0.1) is 0 Å². The maximum Gasteiger partial charge on any atom is 0.269 e. The molecule has 0 atom stereocenters. The van der Waals surface area contributed by atoms with Crippen LogP contribution in [0.3, 0.4) is 0 Å². The highest BCUT2D eigenvalue weighted by Crippen LogP contribution is 2.22. The molecule has 1 N–H and O–H groups in total. The summed E-state index contributed by atoms with van der Waals surface area (Å²) in [6.07, 6.45) is 3.41. The number of halogens is 2. The molecule has 0 aromatic heterocycles. The van der Waals surface area contributed by atoms with Crippen LogP contribution >= 0.6 is 23.2 Å². The van der Waals surface area contributed by atoms with E-state index >= 15 is 0 Å². The van der Waals surface area contributed by atoms with Gasteiger partial charge in [0.15, 0.2) is 0 Å². The number of likely N-dealkylation sites (tertiary alicyclic amines) is 1. The first kappa shape index (κ1) is 18.4. The van der Waals surface area contributed by atoms with E-state index in [1.165, 1.54) is 12.2 Å². The molecule has 3 amide bonds. The quantitative estimate of drug-likeness (QED) is 0.361. The van der Waals surface area contributed by atoms with Crippen LogP contribution in [0.5, 0.6) is 0 Å². The van der Waals surface area contributed by atoms with E-state index < -0.39 is 5.91 Å². The van der Waals surface area contributed by atoms with Crippen molar-refractivity contribution in [3.05, 3.63) is 39.9 Å². The van der Waals surface area contributed by atoms with Crippen molar-refractivity contribution in [3.8, 4) is 0 Å². The van der Waals surface area contributed by atoms with E-state index in [4.69, 9.17) is 23.2 Å². The second kappa shape index (κ2) is 8.28. The number of hydroxylamine groups is 2. The van der Waals surface area contributed by atoms with Gasteiger partial charge in [-0.1, -0.05) is 29.3 Å². The van der Waals surface area contributed by atoms with E-state index in [0.29, 0.717) is 27.1 Å². The summed E-state index contributed by atoms with van der Waals surface area (Å²) < 4.78 is 0. The summed E-state index contributed by atoms with van der Waals surface area (Å²) in [5.41, 5.74) is 0.594.